The number of aryl methyl sites for hydroxylation is 1. The van der Waals surface area contributed by atoms with E-state index in [1.165, 1.54) is 13.4 Å². The molecule has 0 aliphatic rings. The van der Waals surface area contributed by atoms with Crippen LogP contribution in [0.4, 0.5) is 19.0 Å². The molecule has 1 amide bonds. The molecule has 0 radical (unpaired) electrons. The minimum Gasteiger partial charge on any atom is -0.493 e. The summed E-state index contributed by atoms with van der Waals surface area (Å²) >= 11 is 0. The molecule has 0 spiro atoms. The highest BCUT2D eigenvalue weighted by atomic mass is 19.4. The summed E-state index contributed by atoms with van der Waals surface area (Å²) in [5.74, 6) is -0.677. The van der Waals surface area contributed by atoms with Gasteiger partial charge >= 0.3 is 6.30 Å². The van der Waals surface area contributed by atoms with Gasteiger partial charge in [-0.25, -0.2) is 15.0 Å². The number of rotatable bonds is 5. The topological polar surface area (TPSA) is 113 Å². The third-order valence-electron chi connectivity index (χ3n) is 5.65. The van der Waals surface area contributed by atoms with E-state index in [-0.39, 0.29) is 27.5 Å². The fraction of sp³-hybridized carbons (Fsp3) is 0.167. The Morgan fingerprint density at radius 3 is 2.54 bits per heavy atom. The van der Waals surface area contributed by atoms with E-state index in [0.717, 1.165) is 18.7 Å². The van der Waals surface area contributed by atoms with Crippen LogP contribution in [-0.2, 0) is 13.3 Å². The summed E-state index contributed by atoms with van der Waals surface area (Å²) in [4.78, 5) is 26.2. The number of halogens is 3. The summed E-state index contributed by atoms with van der Waals surface area (Å²) in [5.41, 5.74) is 2.82. The molecule has 0 aliphatic heterocycles. The lowest BCUT2D eigenvalue weighted by Gasteiger charge is -2.12. The number of alkyl halides is 3. The third-order valence-corrected chi connectivity index (χ3v) is 5.65. The Bertz CT molecular complexity index is 1630. The summed E-state index contributed by atoms with van der Waals surface area (Å²) in [7, 11) is 3.16. The molecule has 4 aromatic heterocycles. The Hall–Kier alpha value is -4.81. The summed E-state index contributed by atoms with van der Waals surface area (Å²) in [5, 5.41) is 10.4. The van der Waals surface area contributed by atoms with Crippen LogP contribution < -0.4 is 10.1 Å². The van der Waals surface area contributed by atoms with Crippen molar-refractivity contribution in [3.05, 3.63) is 66.4 Å². The quantitative estimate of drug-likeness (QED) is 0.376. The van der Waals surface area contributed by atoms with Crippen molar-refractivity contribution in [3.8, 4) is 28.3 Å². The van der Waals surface area contributed by atoms with Gasteiger partial charge < -0.3 is 10.1 Å². The second-order valence-corrected chi connectivity index (χ2v) is 8.04. The maximum absolute atomic E-state index is 13.1. The molecule has 0 bridgehead atoms. The average molecular weight is 508 g/mol. The molecule has 188 valence electrons. The number of anilines is 1. The van der Waals surface area contributed by atoms with Crippen LogP contribution in [0.3, 0.4) is 0 Å². The first-order chi connectivity index (χ1) is 17.7. The first-order valence-corrected chi connectivity index (χ1v) is 10.9. The molecule has 0 saturated carbocycles. The van der Waals surface area contributed by atoms with Gasteiger partial charge in [-0.3, -0.25) is 9.48 Å². The Morgan fingerprint density at radius 1 is 1.11 bits per heavy atom. The van der Waals surface area contributed by atoms with Crippen molar-refractivity contribution < 1.29 is 22.7 Å². The number of aromatic nitrogens is 7. The zero-order chi connectivity index (χ0) is 26.3. The van der Waals surface area contributed by atoms with E-state index in [0.29, 0.717) is 28.0 Å². The minimum absolute atomic E-state index is 0.0136. The van der Waals surface area contributed by atoms with Gasteiger partial charge in [-0.05, 0) is 6.92 Å². The van der Waals surface area contributed by atoms with Crippen LogP contribution in [0.5, 0.6) is 5.75 Å². The van der Waals surface area contributed by atoms with Crippen molar-refractivity contribution in [2.24, 2.45) is 7.05 Å². The van der Waals surface area contributed by atoms with Crippen LogP contribution in [0.2, 0.25) is 0 Å². The van der Waals surface area contributed by atoms with Gasteiger partial charge in [-0.1, -0.05) is 30.3 Å². The first-order valence-electron chi connectivity index (χ1n) is 10.9. The van der Waals surface area contributed by atoms with Gasteiger partial charge in [-0.15, -0.1) is 13.2 Å². The van der Waals surface area contributed by atoms with Crippen LogP contribution >= 0.6 is 0 Å². The smallest absolute Gasteiger partial charge is 0.493 e. The standard InChI is InChI=1S/C24H19F3N8O2/c1-13-15(10-30-35(13)24(25,26)27)23(36)32-22-18(37-3)9-17-21(31-22)20(29-12-28-17)16-11-34(2)33-19(16)14-7-5-4-6-8-14/h4-12H,1-3H3,(H,31,32,36). The number of fused-ring (bicyclic) bond motifs is 1. The number of benzene rings is 1. The van der Waals surface area contributed by atoms with Crippen molar-refractivity contribution in [1.82, 2.24) is 34.5 Å². The fourth-order valence-electron chi connectivity index (χ4n) is 3.94. The second-order valence-electron chi connectivity index (χ2n) is 8.04. The molecule has 1 aromatic carbocycles. The molecule has 5 aromatic rings. The number of methoxy groups -OCH3 is 1. The molecule has 5 rings (SSSR count). The highest BCUT2D eigenvalue weighted by Gasteiger charge is 2.35. The van der Waals surface area contributed by atoms with Crippen LogP contribution in [0.1, 0.15) is 16.1 Å². The van der Waals surface area contributed by atoms with Crippen LogP contribution in [0, 0.1) is 6.92 Å². The molecule has 1 N–H and O–H groups in total. The van der Waals surface area contributed by atoms with Crippen molar-refractivity contribution in [1.29, 1.82) is 0 Å². The van der Waals surface area contributed by atoms with Gasteiger partial charge in [0.2, 0.25) is 0 Å². The number of hydrogen-bond donors (Lipinski definition) is 1. The van der Waals surface area contributed by atoms with Crippen molar-refractivity contribution in [2.75, 3.05) is 12.4 Å². The lowest BCUT2D eigenvalue weighted by atomic mass is 10.0. The number of carbonyl (C=O) groups is 1. The number of carbonyl (C=O) groups excluding carboxylic acids is 1. The van der Waals surface area contributed by atoms with Crippen LogP contribution in [0.25, 0.3) is 33.5 Å². The Balaban J connectivity index is 1.61. The molecule has 10 nitrogen and oxygen atoms in total. The molecule has 0 atom stereocenters. The normalized spacial score (nSPS) is 11.6. The zero-order valence-electron chi connectivity index (χ0n) is 19.8. The third kappa shape index (κ3) is 4.35. The van der Waals surface area contributed by atoms with Crippen LogP contribution in [-0.4, -0.2) is 47.5 Å². The van der Waals surface area contributed by atoms with Gasteiger partial charge in [0.05, 0.1) is 30.1 Å². The lowest BCUT2D eigenvalue weighted by molar-refractivity contribution is -0.213. The maximum atomic E-state index is 13.1. The van der Waals surface area contributed by atoms with Gasteiger partial charge in [0.15, 0.2) is 11.6 Å². The van der Waals surface area contributed by atoms with Crippen molar-refractivity contribution in [3.63, 3.8) is 0 Å². The van der Waals surface area contributed by atoms with E-state index in [1.54, 1.807) is 24.0 Å². The highest BCUT2D eigenvalue weighted by molar-refractivity contribution is 6.06. The number of nitrogens with one attached hydrogen (secondary N) is 1. The first kappa shape index (κ1) is 23.9. The molecule has 13 heteroatoms. The van der Waals surface area contributed by atoms with Crippen molar-refractivity contribution in [2.45, 2.75) is 13.2 Å². The summed E-state index contributed by atoms with van der Waals surface area (Å²) in [6, 6.07) is 11.1. The molecular weight excluding hydrogens is 489 g/mol. The van der Waals surface area contributed by atoms with E-state index in [9.17, 15) is 18.0 Å². The lowest BCUT2D eigenvalue weighted by Crippen LogP contribution is -2.21. The number of pyridine rings is 1. The average Bonchev–Trinajstić information content (AvgIpc) is 3.46. The predicted octanol–water partition coefficient (Wildman–Crippen LogP) is 4.33. The van der Waals surface area contributed by atoms with E-state index in [1.807, 2.05) is 30.3 Å². The number of nitrogens with zero attached hydrogens (tertiary/aromatic N) is 7. The Morgan fingerprint density at radius 2 is 1.86 bits per heavy atom. The molecule has 4 heterocycles. The molecule has 0 fully saturated rings. The molecule has 37 heavy (non-hydrogen) atoms. The monoisotopic (exact) mass is 508 g/mol. The highest BCUT2D eigenvalue weighted by Crippen LogP contribution is 2.35. The van der Waals surface area contributed by atoms with E-state index < -0.39 is 12.2 Å². The number of hydrogen-bond acceptors (Lipinski definition) is 7. The fourth-order valence-corrected chi connectivity index (χ4v) is 3.94. The molecule has 0 saturated heterocycles. The minimum atomic E-state index is -4.76. The van der Waals surface area contributed by atoms with Gasteiger partial charge in [0.25, 0.3) is 5.91 Å². The van der Waals surface area contributed by atoms with E-state index in [4.69, 9.17) is 4.74 Å². The summed E-state index contributed by atoms with van der Waals surface area (Å²) < 4.78 is 46.2. The van der Waals surface area contributed by atoms with E-state index in [2.05, 4.69) is 30.5 Å². The SMILES string of the molecule is COc1cc2ncnc(-c3cn(C)nc3-c3ccccc3)c2nc1NC(=O)c1cnn(C(F)(F)F)c1C. The molecule has 0 aliphatic carbocycles. The number of ether oxygens (including phenoxy) is 1. The predicted molar refractivity (Wildman–Crippen MR) is 128 cm³/mol. The van der Waals surface area contributed by atoms with Gasteiger partial charge in [0, 0.05) is 30.4 Å². The molecular formula is C24H19F3N8O2. The van der Waals surface area contributed by atoms with E-state index >= 15 is 0 Å². The van der Waals surface area contributed by atoms with Crippen molar-refractivity contribution >= 4 is 22.8 Å². The zero-order valence-corrected chi connectivity index (χ0v) is 19.8. The maximum Gasteiger partial charge on any atom is 0.504 e. The number of amides is 1. The van der Waals surface area contributed by atoms with Gasteiger partial charge in [-0.2, -0.15) is 14.9 Å². The second kappa shape index (κ2) is 9.00. The molecule has 0 unspecified atom stereocenters. The van der Waals surface area contributed by atoms with Gasteiger partial charge in [0.1, 0.15) is 23.2 Å². The van der Waals surface area contributed by atoms with Crippen LogP contribution in [0.15, 0.2) is 55.1 Å². The summed E-state index contributed by atoms with van der Waals surface area (Å²) in [6.07, 6.45) is -0.729. The Labute approximate surface area is 207 Å². The largest absolute Gasteiger partial charge is 0.504 e. The summed E-state index contributed by atoms with van der Waals surface area (Å²) in [6.45, 7) is 1.15. The Kier molecular flexibility index (Phi) is 5.82.